The molecule has 1 aliphatic rings. The largest absolute Gasteiger partial charge is 0.392 e. The van der Waals surface area contributed by atoms with E-state index in [1.807, 2.05) is 11.6 Å². The van der Waals surface area contributed by atoms with Crippen LogP contribution in [-0.4, -0.2) is 32.0 Å². The molecule has 0 bridgehead atoms. The molecule has 3 atom stereocenters. The molecule has 1 aromatic rings. The topological polar surface area (TPSA) is 77.0 Å². The van der Waals surface area contributed by atoms with Gasteiger partial charge in [0.2, 0.25) is 0 Å². The van der Waals surface area contributed by atoms with E-state index in [4.69, 9.17) is 5.73 Å². The molecular weight excluding hydrogens is 228 g/mol. The summed E-state index contributed by atoms with van der Waals surface area (Å²) in [5.74, 6) is 2.13. The highest BCUT2D eigenvalue weighted by atomic mass is 16.3. The highest BCUT2D eigenvalue weighted by Gasteiger charge is 2.32. The van der Waals surface area contributed by atoms with E-state index in [-0.39, 0.29) is 17.7 Å². The van der Waals surface area contributed by atoms with E-state index in [1.165, 1.54) is 0 Å². The van der Waals surface area contributed by atoms with Crippen molar-refractivity contribution in [2.24, 2.45) is 5.73 Å². The molecule has 0 aliphatic heterocycles. The molecule has 0 aromatic carbocycles. The molecule has 18 heavy (non-hydrogen) atoms. The van der Waals surface area contributed by atoms with E-state index in [9.17, 15) is 5.11 Å². The van der Waals surface area contributed by atoms with Crippen molar-refractivity contribution in [3.63, 3.8) is 0 Å². The van der Waals surface area contributed by atoms with Gasteiger partial charge in [0.1, 0.15) is 11.6 Å². The Hall–Kier alpha value is -0.940. The van der Waals surface area contributed by atoms with Crippen LogP contribution in [0.25, 0.3) is 0 Å². The summed E-state index contributed by atoms with van der Waals surface area (Å²) in [7, 11) is 0. The van der Waals surface area contributed by atoms with Crippen molar-refractivity contribution in [3.05, 3.63) is 11.6 Å². The molecule has 0 unspecified atom stereocenters. The average molecular weight is 252 g/mol. The molecule has 2 rings (SSSR count). The minimum absolute atomic E-state index is 0.0727. The lowest BCUT2D eigenvalue weighted by molar-refractivity contribution is 0.0975. The SMILES string of the molecule is Cc1nc([C@H]2CC[C@@H](O)[C@H](N)C2)n(C(C)(C)C)n1. The predicted octanol–water partition coefficient (Wildman–Crippen LogP) is 1.30. The van der Waals surface area contributed by atoms with E-state index in [0.29, 0.717) is 5.92 Å². The third-order valence-electron chi connectivity index (χ3n) is 3.60. The van der Waals surface area contributed by atoms with Crippen LogP contribution in [0, 0.1) is 6.92 Å². The number of hydrogen-bond acceptors (Lipinski definition) is 4. The Balaban J connectivity index is 2.28. The highest BCUT2D eigenvalue weighted by molar-refractivity contribution is 5.06. The lowest BCUT2D eigenvalue weighted by atomic mass is 9.83. The Morgan fingerprint density at radius 3 is 2.56 bits per heavy atom. The highest BCUT2D eigenvalue weighted by Crippen LogP contribution is 2.33. The number of aliphatic hydroxyl groups is 1. The summed E-state index contributed by atoms with van der Waals surface area (Å²) < 4.78 is 2.01. The van der Waals surface area contributed by atoms with Crippen LogP contribution in [0.1, 0.15) is 57.6 Å². The standard InChI is InChI=1S/C13H24N4O/c1-8-15-12(17(16-8)13(2,3)4)9-5-6-11(18)10(14)7-9/h9-11,18H,5-7,14H2,1-4H3/t9-,10+,11+/m0/s1. The van der Waals surface area contributed by atoms with Crippen molar-refractivity contribution in [2.75, 3.05) is 0 Å². The smallest absolute Gasteiger partial charge is 0.147 e. The summed E-state index contributed by atoms with van der Waals surface area (Å²) >= 11 is 0. The van der Waals surface area contributed by atoms with Crippen LogP contribution >= 0.6 is 0 Å². The fraction of sp³-hybridized carbons (Fsp3) is 0.846. The van der Waals surface area contributed by atoms with Gasteiger partial charge in [-0.2, -0.15) is 5.10 Å². The van der Waals surface area contributed by atoms with Crippen LogP contribution in [-0.2, 0) is 5.54 Å². The number of rotatable bonds is 1. The Labute approximate surface area is 108 Å². The Morgan fingerprint density at radius 2 is 2.00 bits per heavy atom. The van der Waals surface area contributed by atoms with Gasteiger partial charge in [0.25, 0.3) is 0 Å². The average Bonchev–Trinajstić information content (AvgIpc) is 2.64. The molecule has 1 heterocycles. The molecule has 1 fully saturated rings. The monoisotopic (exact) mass is 252 g/mol. The first-order valence-corrected chi connectivity index (χ1v) is 6.66. The summed E-state index contributed by atoms with van der Waals surface area (Å²) in [6.07, 6.45) is 2.11. The number of aromatic nitrogens is 3. The zero-order chi connectivity index (χ0) is 13.5. The zero-order valence-corrected chi connectivity index (χ0v) is 11.7. The maximum atomic E-state index is 9.71. The Morgan fingerprint density at radius 1 is 1.33 bits per heavy atom. The first-order valence-electron chi connectivity index (χ1n) is 6.66. The minimum Gasteiger partial charge on any atom is -0.392 e. The van der Waals surface area contributed by atoms with Crippen molar-refractivity contribution in [1.29, 1.82) is 0 Å². The van der Waals surface area contributed by atoms with Gasteiger partial charge < -0.3 is 10.8 Å². The van der Waals surface area contributed by atoms with Crippen molar-refractivity contribution in [3.8, 4) is 0 Å². The molecule has 3 N–H and O–H groups in total. The fourth-order valence-corrected chi connectivity index (χ4v) is 2.61. The van der Waals surface area contributed by atoms with E-state index in [1.54, 1.807) is 0 Å². The van der Waals surface area contributed by atoms with Crippen LogP contribution in [0.3, 0.4) is 0 Å². The van der Waals surface area contributed by atoms with Gasteiger partial charge in [-0.3, -0.25) is 0 Å². The lowest BCUT2D eigenvalue weighted by Gasteiger charge is -2.32. The molecule has 0 radical (unpaired) electrons. The number of aliphatic hydroxyl groups excluding tert-OH is 1. The van der Waals surface area contributed by atoms with Crippen LogP contribution in [0.15, 0.2) is 0 Å². The molecule has 102 valence electrons. The van der Waals surface area contributed by atoms with Gasteiger partial charge in [0, 0.05) is 12.0 Å². The second kappa shape index (κ2) is 4.63. The minimum atomic E-state index is -0.367. The maximum absolute atomic E-state index is 9.71. The van der Waals surface area contributed by atoms with Gasteiger partial charge in [0.15, 0.2) is 0 Å². The molecule has 0 amide bonds. The third kappa shape index (κ3) is 2.57. The molecule has 1 aliphatic carbocycles. The third-order valence-corrected chi connectivity index (χ3v) is 3.60. The van der Waals surface area contributed by atoms with E-state index >= 15 is 0 Å². The van der Waals surface area contributed by atoms with Gasteiger partial charge in [0.05, 0.1) is 11.6 Å². The van der Waals surface area contributed by atoms with Crippen molar-refractivity contribution >= 4 is 0 Å². The Bertz CT molecular complexity index is 421. The first-order chi connectivity index (χ1) is 8.29. The summed E-state index contributed by atoms with van der Waals surface area (Å²) in [4.78, 5) is 4.57. The Kier molecular flexibility index (Phi) is 3.47. The zero-order valence-electron chi connectivity index (χ0n) is 11.7. The molecular formula is C13H24N4O. The van der Waals surface area contributed by atoms with Crippen LogP contribution in [0.5, 0.6) is 0 Å². The predicted molar refractivity (Wildman–Crippen MR) is 70.3 cm³/mol. The second-order valence-electron chi connectivity index (χ2n) is 6.34. The molecule has 1 saturated carbocycles. The second-order valence-corrected chi connectivity index (χ2v) is 6.34. The summed E-state index contributed by atoms with van der Waals surface area (Å²) in [6, 6.07) is -0.144. The summed E-state index contributed by atoms with van der Waals surface area (Å²) in [6.45, 7) is 8.30. The molecule has 1 aromatic heterocycles. The van der Waals surface area contributed by atoms with Crippen molar-refractivity contribution in [1.82, 2.24) is 14.8 Å². The van der Waals surface area contributed by atoms with Gasteiger partial charge in [-0.05, 0) is 47.0 Å². The number of aryl methyl sites for hydroxylation is 1. The van der Waals surface area contributed by atoms with Gasteiger partial charge in [-0.25, -0.2) is 9.67 Å². The van der Waals surface area contributed by atoms with Gasteiger partial charge >= 0.3 is 0 Å². The maximum Gasteiger partial charge on any atom is 0.147 e. The number of nitrogens with zero attached hydrogens (tertiary/aromatic N) is 3. The van der Waals surface area contributed by atoms with Crippen LogP contribution < -0.4 is 5.73 Å². The molecule has 0 saturated heterocycles. The first kappa shape index (κ1) is 13.5. The van der Waals surface area contributed by atoms with E-state index in [2.05, 4.69) is 30.9 Å². The molecule has 5 nitrogen and oxygen atoms in total. The summed E-state index contributed by atoms with van der Waals surface area (Å²) in [5.41, 5.74) is 5.89. The van der Waals surface area contributed by atoms with Crippen molar-refractivity contribution < 1.29 is 5.11 Å². The fourth-order valence-electron chi connectivity index (χ4n) is 2.61. The van der Waals surface area contributed by atoms with Crippen LogP contribution in [0.4, 0.5) is 0 Å². The van der Waals surface area contributed by atoms with E-state index in [0.717, 1.165) is 30.9 Å². The quantitative estimate of drug-likeness (QED) is 0.789. The number of hydrogen-bond donors (Lipinski definition) is 2. The molecule has 5 heteroatoms. The van der Waals surface area contributed by atoms with Crippen LogP contribution in [0.2, 0.25) is 0 Å². The molecule has 0 spiro atoms. The summed E-state index contributed by atoms with van der Waals surface area (Å²) in [5, 5.41) is 14.2. The van der Waals surface area contributed by atoms with Gasteiger partial charge in [-0.1, -0.05) is 0 Å². The number of nitrogens with two attached hydrogens (primary N) is 1. The van der Waals surface area contributed by atoms with Gasteiger partial charge in [-0.15, -0.1) is 0 Å². The van der Waals surface area contributed by atoms with E-state index < -0.39 is 0 Å². The normalized spacial score (nSPS) is 29.6. The van der Waals surface area contributed by atoms with Crippen molar-refractivity contribution in [2.45, 2.75) is 70.6 Å². The lowest BCUT2D eigenvalue weighted by Crippen LogP contribution is -2.41.